The maximum absolute atomic E-state index is 13.3. The molecular formula is C29H27N3OS. The average Bonchev–Trinajstić information content (AvgIpc) is 3.17. The van der Waals surface area contributed by atoms with Gasteiger partial charge in [0.15, 0.2) is 5.17 Å². The number of benzene rings is 4. The Kier molecular flexibility index (Phi) is 6.72. The van der Waals surface area contributed by atoms with Crippen molar-refractivity contribution in [2.24, 2.45) is 10.2 Å². The molecule has 1 atom stereocenters. The first kappa shape index (κ1) is 22.4. The van der Waals surface area contributed by atoms with E-state index in [1.807, 2.05) is 41.3 Å². The molecule has 0 radical (unpaired) electrons. The van der Waals surface area contributed by atoms with E-state index in [2.05, 4.69) is 65.7 Å². The Balaban J connectivity index is 1.46. The van der Waals surface area contributed by atoms with Gasteiger partial charge in [0.05, 0.1) is 18.0 Å². The molecule has 0 N–H and O–H groups in total. The SMILES string of the molecule is CCCCC1SC(=NN=Cc2cccc3ccccc23)N(Cc2cccc3ccccc23)C1=O. The van der Waals surface area contributed by atoms with E-state index in [0.29, 0.717) is 11.7 Å². The molecule has 1 aliphatic rings. The van der Waals surface area contributed by atoms with E-state index in [4.69, 9.17) is 0 Å². The molecule has 5 heteroatoms. The highest BCUT2D eigenvalue weighted by atomic mass is 32.2. The smallest absolute Gasteiger partial charge is 0.242 e. The van der Waals surface area contributed by atoms with E-state index in [9.17, 15) is 4.79 Å². The van der Waals surface area contributed by atoms with Gasteiger partial charge >= 0.3 is 0 Å². The minimum absolute atomic E-state index is 0.0959. The third-order valence-electron chi connectivity index (χ3n) is 6.21. The van der Waals surface area contributed by atoms with Crippen LogP contribution < -0.4 is 0 Å². The molecule has 1 amide bonds. The topological polar surface area (TPSA) is 45.0 Å². The number of carbonyl (C=O) groups is 1. The Hall–Kier alpha value is -3.44. The molecule has 4 aromatic rings. The fourth-order valence-corrected chi connectivity index (χ4v) is 5.55. The molecule has 1 fully saturated rings. The van der Waals surface area contributed by atoms with E-state index in [1.54, 1.807) is 18.0 Å². The van der Waals surface area contributed by atoms with E-state index in [0.717, 1.165) is 35.8 Å². The molecule has 1 unspecified atom stereocenters. The standard InChI is InChI=1S/C29H27N3OS/c1-2-3-18-27-28(33)32(20-24-15-9-13-22-11-5-7-17-26(22)24)29(34-27)31-30-19-23-14-8-12-21-10-4-6-16-25(21)23/h4-17,19,27H,2-3,18,20H2,1H3. The zero-order valence-corrected chi connectivity index (χ0v) is 20.0. The van der Waals surface area contributed by atoms with Gasteiger partial charge in [0.1, 0.15) is 0 Å². The van der Waals surface area contributed by atoms with Crippen molar-refractivity contribution in [2.75, 3.05) is 0 Å². The molecule has 1 saturated heterocycles. The fraction of sp³-hybridized carbons (Fsp3) is 0.207. The Morgan fingerprint density at radius 1 is 0.882 bits per heavy atom. The Morgan fingerprint density at radius 3 is 2.35 bits per heavy atom. The lowest BCUT2D eigenvalue weighted by Gasteiger charge is -2.17. The van der Waals surface area contributed by atoms with Crippen molar-refractivity contribution >= 4 is 50.6 Å². The molecule has 1 heterocycles. The second kappa shape index (κ2) is 10.2. The van der Waals surface area contributed by atoms with Gasteiger partial charge in [0.25, 0.3) is 0 Å². The lowest BCUT2D eigenvalue weighted by molar-refractivity contribution is -0.126. The number of carbonyl (C=O) groups excluding carboxylic acids is 1. The molecule has 170 valence electrons. The van der Waals surface area contributed by atoms with Crippen molar-refractivity contribution in [3.63, 3.8) is 0 Å². The van der Waals surface area contributed by atoms with Crippen molar-refractivity contribution in [2.45, 2.75) is 38.0 Å². The van der Waals surface area contributed by atoms with Gasteiger partial charge in [-0.05, 0) is 33.5 Å². The fourth-order valence-electron chi connectivity index (χ4n) is 4.41. The van der Waals surface area contributed by atoms with Crippen molar-refractivity contribution in [3.05, 3.63) is 96.1 Å². The monoisotopic (exact) mass is 465 g/mol. The van der Waals surface area contributed by atoms with Crippen LogP contribution in [0, 0.1) is 0 Å². The number of nitrogens with zero attached hydrogens (tertiary/aromatic N) is 3. The number of hydrogen-bond acceptors (Lipinski definition) is 4. The molecule has 0 spiro atoms. The second-order valence-corrected chi connectivity index (χ2v) is 9.68. The number of unbranched alkanes of at least 4 members (excludes halogenated alkanes) is 1. The van der Waals surface area contributed by atoms with Crippen LogP contribution in [0.5, 0.6) is 0 Å². The molecule has 0 bridgehead atoms. The van der Waals surface area contributed by atoms with Crippen LogP contribution in [0.2, 0.25) is 0 Å². The van der Waals surface area contributed by atoms with Gasteiger partial charge in [-0.1, -0.05) is 116 Å². The van der Waals surface area contributed by atoms with E-state index >= 15 is 0 Å². The summed E-state index contributed by atoms with van der Waals surface area (Å²) in [5, 5.41) is 14.2. The summed E-state index contributed by atoms with van der Waals surface area (Å²) in [6, 6.07) is 28.9. The lowest BCUT2D eigenvalue weighted by Crippen LogP contribution is -2.31. The highest BCUT2D eigenvalue weighted by molar-refractivity contribution is 8.15. The Labute approximate surface area is 204 Å². The zero-order chi connectivity index (χ0) is 23.3. The molecule has 4 aromatic carbocycles. The normalized spacial score (nSPS) is 17.6. The minimum atomic E-state index is -0.0959. The van der Waals surface area contributed by atoms with Crippen LogP contribution in [0.1, 0.15) is 37.3 Å². The van der Waals surface area contributed by atoms with E-state index in [1.165, 1.54) is 16.2 Å². The molecule has 1 aliphatic heterocycles. The lowest BCUT2D eigenvalue weighted by atomic mass is 10.0. The van der Waals surface area contributed by atoms with Gasteiger partial charge in [-0.25, -0.2) is 0 Å². The summed E-state index contributed by atoms with van der Waals surface area (Å²) in [4.78, 5) is 15.2. The minimum Gasteiger partial charge on any atom is -0.284 e. The van der Waals surface area contributed by atoms with Crippen molar-refractivity contribution in [3.8, 4) is 0 Å². The maximum atomic E-state index is 13.3. The van der Waals surface area contributed by atoms with Crippen molar-refractivity contribution in [1.29, 1.82) is 0 Å². The third kappa shape index (κ3) is 4.62. The molecular weight excluding hydrogens is 438 g/mol. The van der Waals surface area contributed by atoms with Crippen molar-refractivity contribution < 1.29 is 4.79 Å². The van der Waals surface area contributed by atoms with Gasteiger partial charge in [-0.2, -0.15) is 5.10 Å². The summed E-state index contributed by atoms with van der Waals surface area (Å²) in [5.41, 5.74) is 2.13. The number of amidine groups is 1. The van der Waals surface area contributed by atoms with E-state index < -0.39 is 0 Å². The summed E-state index contributed by atoms with van der Waals surface area (Å²) >= 11 is 1.54. The molecule has 0 saturated carbocycles. The number of amides is 1. The number of fused-ring (bicyclic) bond motifs is 2. The predicted octanol–water partition coefficient (Wildman–Crippen LogP) is 7.02. The van der Waals surface area contributed by atoms with Crippen LogP contribution in [-0.4, -0.2) is 27.4 Å². The summed E-state index contributed by atoms with van der Waals surface area (Å²) in [7, 11) is 0. The summed E-state index contributed by atoms with van der Waals surface area (Å²) < 4.78 is 0. The van der Waals surface area contributed by atoms with Crippen LogP contribution in [0.3, 0.4) is 0 Å². The van der Waals surface area contributed by atoms with Gasteiger partial charge in [-0.3, -0.25) is 9.69 Å². The Morgan fingerprint density at radius 2 is 1.56 bits per heavy atom. The first-order chi connectivity index (χ1) is 16.7. The molecule has 0 aliphatic carbocycles. The molecule has 0 aromatic heterocycles. The first-order valence-electron chi connectivity index (χ1n) is 11.8. The van der Waals surface area contributed by atoms with Crippen LogP contribution >= 0.6 is 11.8 Å². The quantitative estimate of drug-likeness (QED) is 0.217. The second-order valence-electron chi connectivity index (χ2n) is 8.51. The van der Waals surface area contributed by atoms with E-state index in [-0.39, 0.29) is 11.2 Å². The largest absolute Gasteiger partial charge is 0.284 e. The number of hydrogen-bond donors (Lipinski definition) is 0. The summed E-state index contributed by atoms with van der Waals surface area (Å²) in [6.07, 6.45) is 4.74. The molecule has 4 nitrogen and oxygen atoms in total. The molecule has 34 heavy (non-hydrogen) atoms. The third-order valence-corrected chi connectivity index (χ3v) is 7.45. The Bertz CT molecular complexity index is 1380. The number of rotatable bonds is 7. The predicted molar refractivity (Wildman–Crippen MR) is 144 cm³/mol. The average molecular weight is 466 g/mol. The van der Waals surface area contributed by atoms with Crippen LogP contribution in [-0.2, 0) is 11.3 Å². The van der Waals surface area contributed by atoms with Gasteiger partial charge in [0.2, 0.25) is 5.91 Å². The van der Waals surface area contributed by atoms with Gasteiger partial charge < -0.3 is 0 Å². The van der Waals surface area contributed by atoms with Crippen molar-refractivity contribution in [1.82, 2.24) is 4.90 Å². The van der Waals surface area contributed by atoms with Crippen LogP contribution in [0.15, 0.2) is 95.1 Å². The van der Waals surface area contributed by atoms with Crippen LogP contribution in [0.25, 0.3) is 21.5 Å². The zero-order valence-electron chi connectivity index (χ0n) is 19.2. The highest BCUT2D eigenvalue weighted by Crippen LogP contribution is 2.33. The maximum Gasteiger partial charge on any atom is 0.242 e. The number of thioether (sulfide) groups is 1. The molecule has 5 rings (SSSR count). The van der Waals surface area contributed by atoms with Crippen LogP contribution in [0.4, 0.5) is 0 Å². The summed E-state index contributed by atoms with van der Waals surface area (Å²) in [6.45, 7) is 2.65. The van der Waals surface area contributed by atoms with Gasteiger partial charge in [0, 0.05) is 5.56 Å². The highest BCUT2D eigenvalue weighted by Gasteiger charge is 2.37. The summed E-state index contributed by atoms with van der Waals surface area (Å²) in [5.74, 6) is 0.130. The van der Waals surface area contributed by atoms with Gasteiger partial charge in [-0.15, -0.1) is 5.10 Å². The first-order valence-corrected chi connectivity index (χ1v) is 12.7.